The van der Waals surface area contributed by atoms with Gasteiger partial charge in [0.05, 0.1) is 13.2 Å². The van der Waals surface area contributed by atoms with Crippen molar-refractivity contribution in [2.45, 2.75) is 52.1 Å². The molecule has 0 unspecified atom stereocenters. The number of methoxy groups -OCH3 is 1. The lowest BCUT2D eigenvalue weighted by Gasteiger charge is -2.36. The normalized spacial score (nSPS) is 12.2. The highest BCUT2D eigenvalue weighted by Crippen LogP contribution is 2.37. The predicted molar refractivity (Wildman–Crippen MR) is 112 cm³/mol. The molecule has 0 heterocycles. The summed E-state index contributed by atoms with van der Waals surface area (Å²) in [6, 6.07) is 14.6. The van der Waals surface area contributed by atoms with Crippen molar-refractivity contribution in [1.82, 2.24) is 0 Å². The van der Waals surface area contributed by atoms with Crippen LogP contribution in [0.15, 0.2) is 42.5 Å². The Morgan fingerprint density at radius 3 is 2.31 bits per heavy atom. The Hall–Kier alpha value is -1.75. The van der Waals surface area contributed by atoms with Gasteiger partial charge in [-0.15, -0.1) is 0 Å². The van der Waals surface area contributed by atoms with Crippen LogP contribution in [0.1, 0.15) is 37.5 Å². The molecule has 2 aromatic rings. The van der Waals surface area contributed by atoms with Crippen LogP contribution >= 0.6 is 0 Å². The Labute approximate surface area is 159 Å². The smallest absolute Gasteiger partial charge is 0.192 e. The fourth-order valence-corrected chi connectivity index (χ4v) is 3.54. The predicted octanol–water partition coefficient (Wildman–Crippen LogP) is 6.02. The molecule has 2 rings (SSSR count). The SMILES string of the molecule is COCc1ccc(-c2ccccc2CO[Si](C)(C)C(C)(C)C)cc1C=N. The van der Waals surface area contributed by atoms with Crippen molar-refractivity contribution in [3.05, 3.63) is 59.2 Å². The molecule has 4 heteroatoms. The largest absolute Gasteiger partial charge is 0.413 e. The molecule has 26 heavy (non-hydrogen) atoms. The van der Waals surface area contributed by atoms with Gasteiger partial charge in [0.2, 0.25) is 0 Å². The molecule has 0 aromatic heterocycles. The highest BCUT2D eigenvalue weighted by molar-refractivity contribution is 6.74. The van der Waals surface area contributed by atoms with Crippen LogP contribution in [-0.4, -0.2) is 21.6 Å². The van der Waals surface area contributed by atoms with Crippen LogP contribution in [0.5, 0.6) is 0 Å². The van der Waals surface area contributed by atoms with Crippen LogP contribution in [0.2, 0.25) is 18.1 Å². The van der Waals surface area contributed by atoms with Gasteiger partial charge in [0.1, 0.15) is 0 Å². The van der Waals surface area contributed by atoms with Gasteiger partial charge in [-0.3, -0.25) is 0 Å². The zero-order chi connectivity index (χ0) is 19.4. The molecule has 3 nitrogen and oxygen atoms in total. The van der Waals surface area contributed by atoms with E-state index in [9.17, 15) is 0 Å². The standard InChI is InChI=1S/C22H31NO2Si/c1-22(2,3)26(5,6)25-16-19-9-7-8-10-21(19)17-11-12-18(15-24-4)20(13-17)14-23/h7-14,23H,15-16H2,1-6H3. The Morgan fingerprint density at radius 2 is 1.69 bits per heavy atom. The average molecular weight is 370 g/mol. The third kappa shape index (κ3) is 4.70. The van der Waals surface area contributed by atoms with E-state index in [1.807, 2.05) is 6.07 Å². The monoisotopic (exact) mass is 369 g/mol. The summed E-state index contributed by atoms with van der Waals surface area (Å²) >= 11 is 0. The molecule has 0 aliphatic rings. The van der Waals surface area contributed by atoms with Gasteiger partial charge in [0.25, 0.3) is 0 Å². The van der Waals surface area contributed by atoms with E-state index < -0.39 is 8.32 Å². The molecule has 0 amide bonds. The third-order valence-electron chi connectivity index (χ3n) is 5.32. The summed E-state index contributed by atoms with van der Waals surface area (Å²) in [6.45, 7) is 12.5. The van der Waals surface area contributed by atoms with E-state index in [1.165, 1.54) is 17.3 Å². The lowest BCUT2D eigenvalue weighted by atomic mass is 9.96. The van der Waals surface area contributed by atoms with Crippen molar-refractivity contribution in [3.63, 3.8) is 0 Å². The number of hydrogen-bond donors (Lipinski definition) is 1. The number of rotatable bonds is 7. The van der Waals surface area contributed by atoms with Crippen molar-refractivity contribution < 1.29 is 9.16 Å². The van der Waals surface area contributed by atoms with E-state index in [2.05, 4.69) is 70.3 Å². The molecule has 0 aliphatic heterocycles. The van der Waals surface area contributed by atoms with Gasteiger partial charge in [0.15, 0.2) is 8.32 Å². The van der Waals surface area contributed by atoms with E-state index in [0.29, 0.717) is 13.2 Å². The maximum atomic E-state index is 7.71. The first-order valence-corrected chi connectivity index (χ1v) is 11.9. The number of ether oxygens (including phenoxy) is 1. The molecular weight excluding hydrogens is 338 g/mol. The molecule has 0 bridgehead atoms. The molecule has 1 N–H and O–H groups in total. The highest BCUT2D eigenvalue weighted by atomic mass is 28.4. The van der Waals surface area contributed by atoms with Crippen LogP contribution in [0.25, 0.3) is 11.1 Å². The Balaban J connectivity index is 2.33. The summed E-state index contributed by atoms with van der Waals surface area (Å²) in [5, 5.41) is 7.90. The molecule has 0 aliphatic carbocycles. The Kier molecular flexibility index (Phi) is 6.56. The number of hydrogen-bond acceptors (Lipinski definition) is 3. The lowest BCUT2D eigenvalue weighted by Crippen LogP contribution is -2.40. The summed E-state index contributed by atoms with van der Waals surface area (Å²) in [4.78, 5) is 0. The molecule has 2 aromatic carbocycles. The Bertz CT molecular complexity index is 763. The van der Waals surface area contributed by atoms with Crippen LogP contribution < -0.4 is 0 Å². The van der Waals surface area contributed by atoms with Crippen LogP contribution in [0.4, 0.5) is 0 Å². The first-order chi connectivity index (χ1) is 12.2. The number of nitrogens with one attached hydrogen (secondary N) is 1. The summed E-state index contributed by atoms with van der Waals surface area (Å²) in [7, 11) is -0.126. The second kappa shape index (κ2) is 8.29. The lowest BCUT2D eigenvalue weighted by molar-refractivity contribution is 0.185. The van der Waals surface area contributed by atoms with Gasteiger partial charge < -0.3 is 14.6 Å². The van der Waals surface area contributed by atoms with Gasteiger partial charge in [-0.25, -0.2) is 0 Å². The highest BCUT2D eigenvalue weighted by Gasteiger charge is 2.37. The van der Waals surface area contributed by atoms with Crippen LogP contribution in [0, 0.1) is 5.41 Å². The molecular formula is C22H31NO2Si. The average Bonchev–Trinajstić information content (AvgIpc) is 2.60. The molecule has 0 saturated heterocycles. The van der Waals surface area contributed by atoms with Gasteiger partial charge in [0, 0.05) is 13.3 Å². The molecule has 0 radical (unpaired) electrons. The molecule has 0 spiro atoms. The fourth-order valence-electron chi connectivity index (χ4n) is 2.59. The first-order valence-electron chi connectivity index (χ1n) is 9.04. The summed E-state index contributed by atoms with van der Waals surface area (Å²) in [5.74, 6) is 0. The van der Waals surface area contributed by atoms with Gasteiger partial charge in [-0.1, -0.05) is 57.2 Å². The van der Waals surface area contributed by atoms with E-state index in [0.717, 1.165) is 16.7 Å². The quantitative estimate of drug-likeness (QED) is 0.479. The van der Waals surface area contributed by atoms with Crippen molar-refractivity contribution >= 4 is 14.5 Å². The fraction of sp³-hybridized carbons (Fsp3) is 0.409. The van der Waals surface area contributed by atoms with E-state index >= 15 is 0 Å². The third-order valence-corrected chi connectivity index (χ3v) is 9.80. The zero-order valence-corrected chi connectivity index (χ0v) is 17.8. The maximum Gasteiger partial charge on any atom is 0.192 e. The van der Waals surface area contributed by atoms with E-state index in [4.69, 9.17) is 14.6 Å². The maximum absolute atomic E-state index is 7.71. The van der Waals surface area contributed by atoms with Gasteiger partial charge in [-0.05, 0) is 52.0 Å². The van der Waals surface area contributed by atoms with Crippen molar-refractivity contribution in [2.24, 2.45) is 0 Å². The van der Waals surface area contributed by atoms with E-state index in [1.54, 1.807) is 7.11 Å². The molecule has 0 saturated carbocycles. The van der Waals surface area contributed by atoms with Crippen LogP contribution in [-0.2, 0) is 22.4 Å². The number of benzene rings is 2. The van der Waals surface area contributed by atoms with Crippen LogP contribution in [0.3, 0.4) is 0 Å². The van der Waals surface area contributed by atoms with Gasteiger partial charge >= 0.3 is 0 Å². The zero-order valence-electron chi connectivity index (χ0n) is 16.8. The van der Waals surface area contributed by atoms with Gasteiger partial charge in [-0.2, -0.15) is 0 Å². The minimum absolute atomic E-state index is 0.192. The summed E-state index contributed by atoms with van der Waals surface area (Å²) < 4.78 is 11.7. The molecule has 140 valence electrons. The Morgan fingerprint density at radius 1 is 1.00 bits per heavy atom. The van der Waals surface area contributed by atoms with Crippen molar-refractivity contribution in [2.75, 3.05) is 7.11 Å². The minimum atomic E-state index is -1.80. The molecule has 0 atom stereocenters. The van der Waals surface area contributed by atoms with Crippen molar-refractivity contribution in [1.29, 1.82) is 5.41 Å². The minimum Gasteiger partial charge on any atom is -0.413 e. The van der Waals surface area contributed by atoms with E-state index in [-0.39, 0.29) is 5.04 Å². The first kappa shape index (κ1) is 20.6. The topological polar surface area (TPSA) is 42.3 Å². The second-order valence-electron chi connectivity index (χ2n) is 8.20. The second-order valence-corrected chi connectivity index (χ2v) is 13.0. The summed E-state index contributed by atoms with van der Waals surface area (Å²) in [6.07, 6.45) is 1.40. The molecule has 0 fully saturated rings. The van der Waals surface area contributed by atoms with Crippen molar-refractivity contribution in [3.8, 4) is 11.1 Å². The summed E-state index contributed by atoms with van der Waals surface area (Å²) in [5.41, 5.74) is 5.38.